The van der Waals surface area contributed by atoms with Gasteiger partial charge >= 0.3 is 0 Å². The van der Waals surface area contributed by atoms with Crippen LogP contribution in [-0.4, -0.2) is 32.4 Å². The van der Waals surface area contributed by atoms with Gasteiger partial charge in [-0.2, -0.15) is 0 Å². The minimum Gasteiger partial charge on any atom is -0.326 e. The first-order valence-electron chi connectivity index (χ1n) is 8.06. The van der Waals surface area contributed by atoms with Crippen LogP contribution in [0.3, 0.4) is 0 Å². The summed E-state index contributed by atoms with van der Waals surface area (Å²) in [6.45, 7) is 1.97. The van der Waals surface area contributed by atoms with E-state index >= 15 is 0 Å². The highest BCUT2D eigenvalue weighted by Gasteiger charge is 2.18. The maximum atomic E-state index is 12.4. The molecule has 1 amide bonds. The van der Waals surface area contributed by atoms with Crippen molar-refractivity contribution in [2.75, 3.05) is 23.1 Å². The van der Waals surface area contributed by atoms with Crippen LogP contribution in [0.15, 0.2) is 40.7 Å². The van der Waals surface area contributed by atoms with E-state index in [2.05, 4.69) is 20.3 Å². The molecule has 1 aromatic heterocycles. The quantitative estimate of drug-likeness (QED) is 0.684. The molecule has 134 valence electrons. The summed E-state index contributed by atoms with van der Waals surface area (Å²) in [7, 11) is -3.73. The SMILES string of the molecule is O=C(CCC1CCNC1)Nc1cccc(S(=O)(=O)Nc2nccs2)c1. The number of nitrogens with zero attached hydrogens (tertiary/aromatic N) is 1. The van der Waals surface area contributed by atoms with Crippen molar-refractivity contribution in [1.82, 2.24) is 10.3 Å². The normalized spacial score (nSPS) is 17.4. The summed E-state index contributed by atoms with van der Waals surface area (Å²) in [6, 6.07) is 6.21. The number of amides is 1. The van der Waals surface area contributed by atoms with Crippen LogP contribution in [0.4, 0.5) is 10.8 Å². The van der Waals surface area contributed by atoms with E-state index in [1.807, 2.05) is 0 Å². The molecule has 0 aliphatic carbocycles. The molecule has 3 rings (SSSR count). The first-order valence-corrected chi connectivity index (χ1v) is 10.4. The zero-order valence-corrected chi connectivity index (χ0v) is 15.2. The lowest BCUT2D eigenvalue weighted by atomic mass is 10.0. The van der Waals surface area contributed by atoms with Crippen LogP contribution in [0.2, 0.25) is 0 Å². The predicted octanol–water partition coefficient (Wildman–Crippen LogP) is 2.27. The average Bonchev–Trinajstić information content (AvgIpc) is 3.26. The molecule has 0 spiro atoms. The molecule has 0 saturated carbocycles. The number of aromatic nitrogens is 1. The standard InChI is InChI=1S/C16H20N4O3S2/c21-15(5-4-12-6-7-17-11-12)19-13-2-1-3-14(10-13)25(22,23)20-16-18-8-9-24-16/h1-3,8-10,12,17H,4-7,11H2,(H,18,20)(H,19,21). The van der Waals surface area contributed by atoms with Crippen molar-refractivity contribution in [2.45, 2.75) is 24.2 Å². The van der Waals surface area contributed by atoms with Crippen LogP contribution in [-0.2, 0) is 14.8 Å². The number of sulfonamides is 1. The molecule has 2 heterocycles. The predicted molar refractivity (Wildman–Crippen MR) is 98.2 cm³/mol. The van der Waals surface area contributed by atoms with Crippen molar-refractivity contribution in [3.63, 3.8) is 0 Å². The minimum atomic E-state index is -3.73. The molecule has 25 heavy (non-hydrogen) atoms. The fourth-order valence-electron chi connectivity index (χ4n) is 2.71. The van der Waals surface area contributed by atoms with E-state index in [0.29, 0.717) is 23.2 Å². The second-order valence-electron chi connectivity index (χ2n) is 5.92. The fraction of sp³-hybridized carbons (Fsp3) is 0.375. The maximum Gasteiger partial charge on any atom is 0.263 e. The second-order valence-corrected chi connectivity index (χ2v) is 8.49. The lowest BCUT2D eigenvalue weighted by Crippen LogP contribution is -2.16. The molecule has 1 aliphatic rings. The van der Waals surface area contributed by atoms with Crippen molar-refractivity contribution >= 4 is 38.1 Å². The van der Waals surface area contributed by atoms with Crippen LogP contribution in [0.1, 0.15) is 19.3 Å². The summed E-state index contributed by atoms with van der Waals surface area (Å²) >= 11 is 1.20. The third kappa shape index (κ3) is 5.00. The summed E-state index contributed by atoms with van der Waals surface area (Å²) in [4.78, 5) is 16.1. The monoisotopic (exact) mass is 380 g/mol. The first-order chi connectivity index (χ1) is 12.0. The third-order valence-corrected chi connectivity index (χ3v) is 6.18. The van der Waals surface area contributed by atoms with E-state index in [4.69, 9.17) is 0 Å². The van der Waals surface area contributed by atoms with Gasteiger partial charge in [0.2, 0.25) is 5.91 Å². The number of rotatable bonds is 7. The van der Waals surface area contributed by atoms with Gasteiger partial charge in [-0.05, 0) is 50.0 Å². The number of thiazole rings is 1. The molecule has 1 aliphatic heterocycles. The van der Waals surface area contributed by atoms with Crippen LogP contribution >= 0.6 is 11.3 Å². The number of benzene rings is 1. The third-order valence-electron chi connectivity index (χ3n) is 4.02. The summed E-state index contributed by atoms with van der Waals surface area (Å²) in [6.07, 6.45) is 3.89. The number of hydrogen-bond donors (Lipinski definition) is 3. The van der Waals surface area contributed by atoms with Gasteiger partial charge < -0.3 is 10.6 Å². The van der Waals surface area contributed by atoms with Crippen molar-refractivity contribution in [3.8, 4) is 0 Å². The summed E-state index contributed by atoms with van der Waals surface area (Å²) < 4.78 is 27.2. The maximum absolute atomic E-state index is 12.4. The Morgan fingerprint density at radius 3 is 3.00 bits per heavy atom. The van der Waals surface area contributed by atoms with Gasteiger partial charge in [0.05, 0.1) is 4.90 Å². The van der Waals surface area contributed by atoms with Crippen LogP contribution in [0.25, 0.3) is 0 Å². The Balaban J connectivity index is 1.61. The molecular weight excluding hydrogens is 360 g/mol. The summed E-state index contributed by atoms with van der Waals surface area (Å²) in [5.41, 5.74) is 0.469. The van der Waals surface area contributed by atoms with Crippen molar-refractivity contribution in [3.05, 3.63) is 35.8 Å². The van der Waals surface area contributed by atoms with Gasteiger partial charge in [0.15, 0.2) is 5.13 Å². The molecule has 9 heteroatoms. The Kier molecular flexibility index (Phi) is 5.67. The minimum absolute atomic E-state index is 0.0838. The Bertz CT molecular complexity index is 816. The average molecular weight is 380 g/mol. The van der Waals surface area contributed by atoms with Crippen molar-refractivity contribution in [2.24, 2.45) is 5.92 Å². The number of nitrogens with one attached hydrogen (secondary N) is 3. The summed E-state index contributed by atoms with van der Waals surface area (Å²) in [5, 5.41) is 8.04. The van der Waals surface area contributed by atoms with Crippen molar-refractivity contribution < 1.29 is 13.2 Å². The van der Waals surface area contributed by atoms with Gasteiger partial charge in [-0.3, -0.25) is 9.52 Å². The Hall–Kier alpha value is -1.97. The van der Waals surface area contributed by atoms with E-state index in [-0.39, 0.29) is 10.8 Å². The van der Waals surface area contributed by atoms with Crippen molar-refractivity contribution in [1.29, 1.82) is 0 Å². The van der Waals surface area contributed by atoms with Crippen LogP contribution in [0, 0.1) is 5.92 Å². The van der Waals surface area contributed by atoms with Gasteiger partial charge in [-0.15, -0.1) is 11.3 Å². The molecule has 1 saturated heterocycles. The van der Waals surface area contributed by atoms with E-state index in [9.17, 15) is 13.2 Å². The molecular formula is C16H20N4O3S2. The molecule has 1 fully saturated rings. The van der Waals surface area contributed by atoms with Gasteiger partial charge in [0.1, 0.15) is 0 Å². The van der Waals surface area contributed by atoms with Gasteiger partial charge in [-0.1, -0.05) is 6.07 Å². The highest BCUT2D eigenvalue weighted by molar-refractivity contribution is 7.93. The Labute approximate surface area is 150 Å². The van der Waals surface area contributed by atoms with Gasteiger partial charge in [0, 0.05) is 23.7 Å². The zero-order chi connectivity index (χ0) is 17.7. The number of hydrogen-bond acceptors (Lipinski definition) is 6. The highest BCUT2D eigenvalue weighted by atomic mass is 32.2. The smallest absolute Gasteiger partial charge is 0.263 e. The Morgan fingerprint density at radius 1 is 1.40 bits per heavy atom. The molecule has 0 radical (unpaired) electrons. The Morgan fingerprint density at radius 2 is 2.28 bits per heavy atom. The lowest BCUT2D eigenvalue weighted by molar-refractivity contribution is -0.116. The van der Waals surface area contributed by atoms with E-state index < -0.39 is 10.0 Å². The number of carbonyl (C=O) groups is 1. The van der Waals surface area contributed by atoms with E-state index in [1.54, 1.807) is 17.5 Å². The topological polar surface area (TPSA) is 100 Å². The van der Waals surface area contributed by atoms with Gasteiger partial charge in [-0.25, -0.2) is 13.4 Å². The lowest BCUT2D eigenvalue weighted by Gasteiger charge is -2.10. The first kappa shape index (κ1) is 17.8. The number of carbonyl (C=O) groups excluding carboxylic acids is 1. The fourth-order valence-corrected chi connectivity index (χ4v) is 4.54. The number of anilines is 2. The molecule has 2 aromatic rings. The molecule has 1 aromatic carbocycles. The molecule has 0 bridgehead atoms. The molecule has 1 unspecified atom stereocenters. The van der Waals surface area contributed by atoms with E-state index in [0.717, 1.165) is 25.9 Å². The molecule has 7 nitrogen and oxygen atoms in total. The second kappa shape index (κ2) is 7.94. The largest absolute Gasteiger partial charge is 0.326 e. The van der Waals surface area contributed by atoms with Crippen LogP contribution < -0.4 is 15.4 Å². The van der Waals surface area contributed by atoms with E-state index in [1.165, 1.54) is 29.7 Å². The summed E-state index contributed by atoms with van der Waals surface area (Å²) in [5.74, 6) is 0.439. The molecule has 3 N–H and O–H groups in total. The zero-order valence-electron chi connectivity index (χ0n) is 13.6. The van der Waals surface area contributed by atoms with Crippen LogP contribution in [0.5, 0.6) is 0 Å². The van der Waals surface area contributed by atoms with Gasteiger partial charge in [0.25, 0.3) is 10.0 Å². The highest BCUT2D eigenvalue weighted by Crippen LogP contribution is 2.21. The molecule has 1 atom stereocenters.